The van der Waals surface area contributed by atoms with Crippen molar-refractivity contribution < 1.29 is 13.2 Å². The summed E-state index contributed by atoms with van der Waals surface area (Å²) in [5, 5.41) is 30.0. The summed E-state index contributed by atoms with van der Waals surface area (Å²) in [7, 11) is 1.50. The number of hydrogen-bond donors (Lipinski definition) is 0. The number of nitriles is 2. The second-order valence-corrected chi connectivity index (χ2v) is 7.17. The van der Waals surface area contributed by atoms with Crippen LogP contribution < -0.4 is 4.90 Å². The van der Waals surface area contributed by atoms with Crippen LogP contribution in [0, 0.1) is 22.7 Å². The fraction of sp³-hybridized carbons (Fsp3) is 0.450. The van der Waals surface area contributed by atoms with E-state index in [0.29, 0.717) is 0 Å². The van der Waals surface area contributed by atoms with Crippen molar-refractivity contribution in [3.05, 3.63) is 34.4 Å². The largest absolute Gasteiger partial charge is 0.675 e. The molecule has 0 radical (unpaired) electrons. The van der Waals surface area contributed by atoms with Crippen molar-refractivity contribution in [2.45, 2.75) is 38.9 Å². The molecule has 1 aliphatic heterocycles. The lowest BCUT2D eigenvalue weighted by Crippen LogP contribution is -2.36. The Morgan fingerprint density at radius 3 is 2.58 bits per heavy atom. The smallest absolute Gasteiger partial charge is 0.373 e. The molecule has 0 fully saturated rings. The number of imidazole rings is 1. The maximum absolute atomic E-state index is 12.8. The molecule has 1 unspecified atom stereocenters. The van der Waals surface area contributed by atoms with Gasteiger partial charge in [-0.05, 0) is 44.9 Å². The predicted octanol–water partition coefficient (Wildman–Crippen LogP) is 5.31. The average molecular weight is 429 g/mol. The SMILES string of the molecule is CCN1c2cc([N-]CC(F)(F)F)c(N=Nc3nc(C#N)c(C#N)n3C)cc2CCC1C. The first-order valence-corrected chi connectivity index (χ1v) is 9.65. The molecule has 3 rings (SSSR count). The van der Waals surface area contributed by atoms with Crippen LogP contribution >= 0.6 is 0 Å². The summed E-state index contributed by atoms with van der Waals surface area (Å²) in [6.07, 6.45) is -2.79. The van der Waals surface area contributed by atoms with Gasteiger partial charge in [0.1, 0.15) is 12.1 Å². The molecule has 0 N–H and O–H groups in total. The van der Waals surface area contributed by atoms with Crippen LogP contribution in [0.25, 0.3) is 5.32 Å². The van der Waals surface area contributed by atoms with Gasteiger partial charge in [-0.15, -0.1) is 15.9 Å². The number of aryl methyl sites for hydroxylation is 1. The third-order valence-electron chi connectivity index (χ3n) is 5.15. The van der Waals surface area contributed by atoms with E-state index in [1.165, 1.54) is 11.6 Å². The lowest BCUT2D eigenvalue weighted by Gasteiger charge is -2.38. The number of nitrogens with zero attached hydrogens (tertiary/aromatic N) is 8. The number of azo groups is 1. The maximum Gasteiger partial charge on any atom is 0.373 e. The van der Waals surface area contributed by atoms with E-state index in [4.69, 9.17) is 10.5 Å². The molecule has 0 saturated heterocycles. The van der Waals surface area contributed by atoms with Gasteiger partial charge in [0.25, 0.3) is 5.95 Å². The molecule has 162 valence electrons. The molecular weight excluding hydrogens is 409 g/mol. The Morgan fingerprint density at radius 2 is 2.00 bits per heavy atom. The van der Waals surface area contributed by atoms with Crippen LogP contribution in [-0.4, -0.2) is 34.9 Å². The predicted molar refractivity (Wildman–Crippen MR) is 108 cm³/mol. The van der Waals surface area contributed by atoms with Crippen LogP contribution in [0.5, 0.6) is 0 Å². The summed E-state index contributed by atoms with van der Waals surface area (Å²) in [6, 6.07) is 7.25. The van der Waals surface area contributed by atoms with Gasteiger partial charge < -0.3 is 14.8 Å². The Balaban J connectivity index is 2.04. The van der Waals surface area contributed by atoms with E-state index < -0.39 is 12.7 Å². The van der Waals surface area contributed by atoms with Crippen LogP contribution in [0.3, 0.4) is 0 Å². The topological polar surface area (TPSA) is 107 Å². The minimum Gasteiger partial charge on any atom is -0.675 e. The normalized spacial score (nSPS) is 16.1. The number of halogens is 3. The second-order valence-electron chi connectivity index (χ2n) is 7.17. The molecule has 2 aromatic rings. The Kier molecular flexibility index (Phi) is 6.16. The van der Waals surface area contributed by atoms with Crippen molar-refractivity contribution in [2.24, 2.45) is 17.3 Å². The molecule has 2 heterocycles. The molecule has 1 aromatic carbocycles. The minimum absolute atomic E-state index is 0.00333. The Bertz CT molecular complexity index is 1090. The number of benzene rings is 1. The fourth-order valence-electron chi connectivity index (χ4n) is 3.58. The van der Waals surface area contributed by atoms with E-state index in [-0.39, 0.29) is 34.8 Å². The third-order valence-corrected chi connectivity index (χ3v) is 5.15. The first-order valence-electron chi connectivity index (χ1n) is 9.65. The van der Waals surface area contributed by atoms with Gasteiger partial charge in [-0.1, -0.05) is 6.07 Å². The number of aromatic nitrogens is 2. The Morgan fingerprint density at radius 1 is 1.26 bits per heavy atom. The molecular formula is C20H20F3N8-. The van der Waals surface area contributed by atoms with Gasteiger partial charge in [0.15, 0.2) is 11.4 Å². The molecule has 1 aromatic heterocycles. The molecule has 0 amide bonds. The molecule has 0 bridgehead atoms. The maximum atomic E-state index is 12.8. The lowest BCUT2D eigenvalue weighted by atomic mass is 9.95. The van der Waals surface area contributed by atoms with Gasteiger partial charge in [0, 0.05) is 25.3 Å². The van der Waals surface area contributed by atoms with Crippen molar-refractivity contribution in [1.82, 2.24) is 9.55 Å². The van der Waals surface area contributed by atoms with Crippen LogP contribution in [0.15, 0.2) is 22.4 Å². The van der Waals surface area contributed by atoms with Gasteiger partial charge >= 0.3 is 6.18 Å². The van der Waals surface area contributed by atoms with Crippen molar-refractivity contribution >= 4 is 23.0 Å². The number of hydrogen-bond acceptors (Lipinski definition) is 6. The zero-order valence-electron chi connectivity index (χ0n) is 17.3. The molecule has 0 aliphatic carbocycles. The van der Waals surface area contributed by atoms with E-state index in [1.807, 2.05) is 13.0 Å². The quantitative estimate of drug-likeness (QED) is 0.600. The first-order chi connectivity index (χ1) is 14.7. The Labute approximate surface area is 177 Å². The summed E-state index contributed by atoms with van der Waals surface area (Å²) in [5.74, 6) is -0.00333. The molecule has 1 atom stereocenters. The summed E-state index contributed by atoms with van der Waals surface area (Å²) in [4.78, 5) is 6.08. The summed E-state index contributed by atoms with van der Waals surface area (Å²) < 4.78 is 39.7. The average Bonchev–Trinajstić information content (AvgIpc) is 3.04. The van der Waals surface area contributed by atoms with Crippen LogP contribution in [0.2, 0.25) is 0 Å². The van der Waals surface area contributed by atoms with Crippen molar-refractivity contribution in [1.29, 1.82) is 10.5 Å². The van der Waals surface area contributed by atoms with Crippen molar-refractivity contribution in [2.75, 3.05) is 18.0 Å². The van der Waals surface area contributed by atoms with E-state index in [0.717, 1.165) is 30.6 Å². The van der Waals surface area contributed by atoms with E-state index in [9.17, 15) is 13.2 Å². The highest BCUT2D eigenvalue weighted by Gasteiger charge is 2.24. The van der Waals surface area contributed by atoms with Gasteiger partial charge in [0.05, 0.1) is 5.69 Å². The van der Waals surface area contributed by atoms with Gasteiger partial charge in [-0.2, -0.15) is 28.7 Å². The standard InChI is InChI=1S/C20H20F3N8/c1-4-31-12(2)5-6-13-7-15(14(8-17(13)31)26-11-20(21,22)23)28-29-19-27-16(9-24)18(10-25)30(19)3/h7-8,12H,4-6,11H2,1-3H3/q-1. The fourth-order valence-corrected chi connectivity index (χ4v) is 3.58. The number of rotatable bonds is 5. The molecule has 1 aliphatic rings. The second kappa shape index (κ2) is 8.64. The van der Waals surface area contributed by atoms with Crippen LogP contribution in [0.4, 0.5) is 36.2 Å². The Hall–Kier alpha value is -3.60. The highest BCUT2D eigenvalue weighted by molar-refractivity contribution is 5.77. The summed E-state index contributed by atoms with van der Waals surface area (Å²) >= 11 is 0. The number of anilines is 1. The zero-order valence-corrected chi connectivity index (χ0v) is 17.3. The van der Waals surface area contributed by atoms with Crippen molar-refractivity contribution in [3.8, 4) is 12.1 Å². The van der Waals surface area contributed by atoms with Crippen LogP contribution in [-0.2, 0) is 13.5 Å². The highest BCUT2D eigenvalue weighted by atomic mass is 19.4. The molecule has 0 spiro atoms. The monoisotopic (exact) mass is 429 g/mol. The lowest BCUT2D eigenvalue weighted by molar-refractivity contribution is -0.113. The first kappa shape index (κ1) is 22.1. The van der Waals surface area contributed by atoms with E-state index in [1.54, 1.807) is 18.2 Å². The summed E-state index contributed by atoms with van der Waals surface area (Å²) in [6.45, 7) is 3.45. The number of fused-ring (bicyclic) bond motifs is 1. The summed E-state index contributed by atoms with van der Waals surface area (Å²) in [5.41, 5.74) is 1.97. The zero-order chi connectivity index (χ0) is 22.8. The molecule has 8 nitrogen and oxygen atoms in total. The van der Waals surface area contributed by atoms with Crippen LogP contribution in [0.1, 0.15) is 37.2 Å². The number of alkyl halides is 3. The third kappa shape index (κ3) is 4.61. The molecule has 11 heteroatoms. The highest BCUT2D eigenvalue weighted by Crippen LogP contribution is 2.43. The van der Waals surface area contributed by atoms with Crippen molar-refractivity contribution in [3.63, 3.8) is 0 Å². The minimum atomic E-state index is -4.45. The van der Waals surface area contributed by atoms with Gasteiger partial charge in [-0.3, -0.25) is 0 Å². The molecule has 0 saturated carbocycles. The van der Waals surface area contributed by atoms with E-state index in [2.05, 4.69) is 32.4 Å². The molecule has 31 heavy (non-hydrogen) atoms. The van der Waals surface area contributed by atoms with Gasteiger partial charge in [0.2, 0.25) is 0 Å². The van der Waals surface area contributed by atoms with E-state index >= 15 is 0 Å². The van der Waals surface area contributed by atoms with Gasteiger partial charge in [-0.25, -0.2) is 0 Å².